The van der Waals surface area contributed by atoms with E-state index in [1.54, 1.807) is 0 Å². The number of hydrogen-bond donors (Lipinski definition) is 1. The van der Waals surface area contributed by atoms with Gasteiger partial charge in [-0.05, 0) is 19.9 Å². The molecular formula is C13H26ClN3O. The third kappa shape index (κ3) is 3.84. The fourth-order valence-corrected chi connectivity index (χ4v) is 2.71. The molecular weight excluding hydrogens is 250 g/mol. The molecule has 1 N–H and O–H groups in total. The second-order valence-electron chi connectivity index (χ2n) is 5.52. The Morgan fingerprint density at radius 1 is 1.11 bits per heavy atom. The molecule has 1 heterocycles. The van der Waals surface area contributed by atoms with Gasteiger partial charge in [-0.2, -0.15) is 0 Å². The van der Waals surface area contributed by atoms with Crippen LogP contribution in [0.5, 0.6) is 0 Å². The average molecular weight is 276 g/mol. The van der Waals surface area contributed by atoms with Crippen molar-refractivity contribution in [3.63, 3.8) is 0 Å². The molecule has 0 aromatic heterocycles. The van der Waals surface area contributed by atoms with E-state index in [2.05, 4.69) is 17.3 Å². The zero-order valence-corrected chi connectivity index (χ0v) is 12.3. The van der Waals surface area contributed by atoms with E-state index in [0.717, 1.165) is 13.1 Å². The van der Waals surface area contributed by atoms with Gasteiger partial charge in [-0.1, -0.05) is 19.3 Å². The highest BCUT2D eigenvalue weighted by molar-refractivity contribution is 5.85. The lowest BCUT2D eigenvalue weighted by molar-refractivity contribution is -0.134. The summed E-state index contributed by atoms with van der Waals surface area (Å²) in [5.74, 6) is 0.284. The Balaban J connectivity index is 0.00000162. The predicted octanol–water partition coefficient (Wildman–Crippen LogP) is 1.10. The summed E-state index contributed by atoms with van der Waals surface area (Å²) in [5, 5.41) is 3.24. The van der Waals surface area contributed by atoms with E-state index in [-0.39, 0.29) is 18.3 Å². The zero-order chi connectivity index (χ0) is 12.3. The Morgan fingerprint density at radius 2 is 1.72 bits per heavy atom. The summed E-state index contributed by atoms with van der Waals surface area (Å²) in [6.07, 6.45) is 6.29. The maximum absolute atomic E-state index is 12.2. The highest BCUT2D eigenvalue weighted by Gasteiger charge is 2.26. The van der Waals surface area contributed by atoms with Crippen molar-refractivity contribution in [2.24, 2.45) is 0 Å². The van der Waals surface area contributed by atoms with E-state index >= 15 is 0 Å². The minimum absolute atomic E-state index is 0. The number of rotatable bonds is 4. The second-order valence-corrected chi connectivity index (χ2v) is 5.52. The van der Waals surface area contributed by atoms with E-state index in [1.165, 1.54) is 32.1 Å². The number of halogens is 1. The van der Waals surface area contributed by atoms with Crippen molar-refractivity contribution in [1.82, 2.24) is 15.1 Å². The third-order valence-electron chi connectivity index (χ3n) is 4.28. The van der Waals surface area contributed by atoms with Gasteiger partial charge in [0.05, 0.1) is 6.54 Å². The topological polar surface area (TPSA) is 35.6 Å². The molecule has 1 aliphatic carbocycles. The fourth-order valence-electron chi connectivity index (χ4n) is 2.71. The molecule has 1 aliphatic heterocycles. The zero-order valence-electron chi connectivity index (χ0n) is 11.5. The SMILES string of the molecule is CN(CC(=O)N(C)C1CCCCC1)C1CNC1.Cl. The van der Waals surface area contributed by atoms with Crippen molar-refractivity contribution in [2.45, 2.75) is 44.2 Å². The highest BCUT2D eigenvalue weighted by atomic mass is 35.5. The summed E-state index contributed by atoms with van der Waals surface area (Å²) in [5.41, 5.74) is 0. The molecule has 1 saturated heterocycles. The molecule has 1 amide bonds. The molecule has 0 aromatic rings. The molecule has 0 bridgehead atoms. The van der Waals surface area contributed by atoms with Gasteiger partial charge in [-0.25, -0.2) is 0 Å². The van der Waals surface area contributed by atoms with E-state index in [9.17, 15) is 4.79 Å². The molecule has 18 heavy (non-hydrogen) atoms. The summed E-state index contributed by atoms with van der Waals surface area (Å²) >= 11 is 0. The number of hydrogen-bond acceptors (Lipinski definition) is 3. The van der Waals surface area contributed by atoms with Crippen LogP contribution in [-0.2, 0) is 4.79 Å². The average Bonchev–Trinajstić information content (AvgIpc) is 2.26. The van der Waals surface area contributed by atoms with Gasteiger partial charge in [0.1, 0.15) is 0 Å². The van der Waals surface area contributed by atoms with Crippen molar-refractivity contribution in [1.29, 1.82) is 0 Å². The van der Waals surface area contributed by atoms with Crippen LogP contribution < -0.4 is 5.32 Å². The van der Waals surface area contributed by atoms with Gasteiger partial charge in [0.25, 0.3) is 0 Å². The Kier molecular flexibility index (Phi) is 6.39. The molecule has 2 rings (SSSR count). The molecule has 0 unspecified atom stereocenters. The molecule has 0 aromatic carbocycles. The first-order valence-corrected chi connectivity index (χ1v) is 6.85. The number of carbonyl (C=O) groups is 1. The number of likely N-dealkylation sites (N-methyl/N-ethyl adjacent to an activating group) is 2. The van der Waals surface area contributed by atoms with Crippen molar-refractivity contribution in [3.8, 4) is 0 Å². The number of nitrogens with zero attached hydrogens (tertiary/aromatic N) is 2. The first-order chi connectivity index (χ1) is 8.18. The third-order valence-corrected chi connectivity index (χ3v) is 4.28. The van der Waals surface area contributed by atoms with Crippen molar-refractivity contribution in [3.05, 3.63) is 0 Å². The van der Waals surface area contributed by atoms with E-state index in [4.69, 9.17) is 0 Å². The van der Waals surface area contributed by atoms with Crippen LogP contribution >= 0.6 is 12.4 Å². The molecule has 2 aliphatic rings. The normalized spacial score (nSPS) is 21.3. The number of amides is 1. The van der Waals surface area contributed by atoms with Crippen LogP contribution in [0.15, 0.2) is 0 Å². The summed E-state index contributed by atoms with van der Waals surface area (Å²) in [4.78, 5) is 16.3. The van der Waals surface area contributed by atoms with Crippen molar-refractivity contribution in [2.75, 3.05) is 33.7 Å². The lowest BCUT2D eigenvalue weighted by Crippen LogP contribution is -2.58. The minimum Gasteiger partial charge on any atom is -0.342 e. The van der Waals surface area contributed by atoms with Gasteiger partial charge in [0.15, 0.2) is 0 Å². The monoisotopic (exact) mass is 275 g/mol. The fraction of sp³-hybridized carbons (Fsp3) is 0.923. The van der Waals surface area contributed by atoms with Gasteiger partial charge in [-0.15, -0.1) is 12.4 Å². The number of nitrogens with one attached hydrogen (secondary N) is 1. The summed E-state index contributed by atoms with van der Waals surface area (Å²) in [6.45, 7) is 2.62. The van der Waals surface area contributed by atoms with Gasteiger partial charge in [0.2, 0.25) is 5.91 Å². The van der Waals surface area contributed by atoms with Crippen molar-refractivity contribution < 1.29 is 4.79 Å². The van der Waals surface area contributed by atoms with Crippen LogP contribution in [0, 0.1) is 0 Å². The van der Waals surface area contributed by atoms with E-state index in [1.807, 2.05) is 11.9 Å². The molecule has 5 heteroatoms. The predicted molar refractivity (Wildman–Crippen MR) is 76.2 cm³/mol. The van der Waals surface area contributed by atoms with Gasteiger partial charge in [0, 0.05) is 32.2 Å². The lowest BCUT2D eigenvalue weighted by Gasteiger charge is -2.37. The Bertz CT molecular complexity index is 265. The van der Waals surface area contributed by atoms with Crippen LogP contribution in [0.1, 0.15) is 32.1 Å². The molecule has 0 spiro atoms. The van der Waals surface area contributed by atoms with Crippen LogP contribution in [0.2, 0.25) is 0 Å². The second kappa shape index (κ2) is 7.31. The first-order valence-electron chi connectivity index (χ1n) is 6.85. The van der Waals surface area contributed by atoms with E-state index < -0.39 is 0 Å². The van der Waals surface area contributed by atoms with Crippen LogP contribution in [0.3, 0.4) is 0 Å². The molecule has 0 atom stereocenters. The Labute approximate surface area is 116 Å². The van der Waals surface area contributed by atoms with Crippen LogP contribution in [-0.4, -0.2) is 61.5 Å². The van der Waals surface area contributed by atoms with Crippen LogP contribution in [0.4, 0.5) is 0 Å². The van der Waals surface area contributed by atoms with Gasteiger partial charge >= 0.3 is 0 Å². The molecule has 0 radical (unpaired) electrons. The van der Waals surface area contributed by atoms with Gasteiger partial charge in [-0.3, -0.25) is 9.69 Å². The number of carbonyl (C=O) groups excluding carboxylic acids is 1. The quantitative estimate of drug-likeness (QED) is 0.835. The largest absolute Gasteiger partial charge is 0.342 e. The summed E-state index contributed by atoms with van der Waals surface area (Å²) in [7, 11) is 4.03. The highest BCUT2D eigenvalue weighted by Crippen LogP contribution is 2.21. The van der Waals surface area contributed by atoms with Crippen molar-refractivity contribution >= 4 is 18.3 Å². The smallest absolute Gasteiger partial charge is 0.236 e. The Morgan fingerprint density at radius 3 is 2.22 bits per heavy atom. The van der Waals surface area contributed by atoms with Gasteiger partial charge < -0.3 is 10.2 Å². The molecule has 106 valence electrons. The maximum Gasteiger partial charge on any atom is 0.236 e. The lowest BCUT2D eigenvalue weighted by atomic mass is 9.94. The van der Waals surface area contributed by atoms with Crippen LogP contribution in [0.25, 0.3) is 0 Å². The first kappa shape index (κ1) is 15.7. The minimum atomic E-state index is 0. The Hall–Kier alpha value is -0.320. The van der Waals surface area contributed by atoms with E-state index in [0.29, 0.717) is 18.6 Å². The molecule has 4 nitrogen and oxygen atoms in total. The summed E-state index contributed by atoms with van der Waals surface area (Å²) < 4.78 is 0. The molecule has 1 saturated carbocycles. The maximum atomic E-state index is 12.2. The summed E-state index contributed by atoms with van der Waals surface area (Å²) in [6, 6.07) is 1.04. The molecule has 2 fully saturated rings. The standard InChI is InChI=1S/C13H25N3O.ClH/c1-15(12-8-14-9-12)10-13(17)16(2)11-6-4-3-5-7-11;/h11-12,14H,3-10H2,1-2H3;1H.